The van der Waals surface area contributed by atoms with Crippen LogP contribution in [0.2, 0.25) is 5.02 Å². The van der Waals surface area contributed by atoms with Gasteiger partial charge in [0.05, 0.1) is 26.2 Å². The molecule has 0 bridgehead atoms. The number of rotatable bonds is 3. The van der Waals surface area contributed by atoms with Crippen LogP contribution in [0.25, 0.3) is 0 Å². The minimum absolute atomic E-state index is 0.471. The molecule has 1 aromatic rings. The molecule has 1 aliphatic heterocycles. The molecular weight excluding hydrogens is 282 g/mol. The third kappa shape index (κ3) is 3.20. The Balaban J connectivity index is 1.64. The number of quaternary nitrogens is 2. The van der Waals surface area contributed by atoms with Crippen LogP contribution in [0.15, 0.2) is 24.3 Å². The lowest BCUT2D eigenvalue weighted by atomic mass is 9.80. The Bertz CT molecular complexity index is 463. The number of halogens is 1. The molecule has 0 spiro atoms. The van der Waals surface area contributed by atoms with Gasteiger partial charge in [0.1, 0.15) is 12.1 Å². The quantitative estimate of drug-likeness (QED) is 0.858. The van der Waals surface area contributed by atoms with Crippen molar-refractivity contribution in [2.75, 3.05) is 37.6 Å². The predicted octanol–water partition coefficient (Wildman–Crippen LogP) is 0.990. The highest BCUT2D eigenvalue weighted by Gasteiger charge is 2.43. The molecule has 2 aliphatic rings. The Morgan fingerprint density at radius 2 is 1.86 bits per heavy atom. The lowest BCUT2D eigenvalue weighted by molar-refractivity contribution is -0.961. The number of nitrogens with zero attached hydrogens (tertiary/aromatic N) is 1. The van der Waals surface area contributed by atoms with E-state index < -0.39 is 0 Å². The molecule has 0 aromatic heterocycles. The van der Waals surface area contributed by atoms with Gasteiger partial charge in [-0.1, -0.05) is 24.1 Å². The lowest BCUT2D eigenvalue weighted by Crippen LogP contribution is -3.24. The summed E-state index contributed by atoms with van der Waals surface area (Å²) in [5, 5.41) is 0.837. The van der Waals surface area contributed by atoms with Gasteiger partial charge in [-0.15, -0.1) is 0 Å². The molecule has 3 nitrogen and oxygen atoms in total. The van der Waals surface area contributed by atoms with Crippen LogP contribution in [-0.2, 0) is 0 Å². The van der Waals surface area contributed by atoms with E-state index in [-0.39, 0.29) is 0 Å². The van der Waals surface area contributed by atoms with Gasteiger partial charge in [-0.05, 0) is 31.0 Å². The van der Waals surface area contributed by atoms with Gasteiger partial charge in [0.2, 0.25) is 0 Å². The SMILES string of the molecule is [NH3+]CC1([NH+]2CCN(c3cccc(Cl)c3)CC2)CCCCC1. The Morgan fingerprint density at radius 3 is 2.48 bits per heavy atom. The molecule has 1 aliphatic carbocycles. The Morgan fingerprint density at radius 1 is 1.14 bits per heavy atom. The van der Waals surface area contributed by atoms with Crippen LogP contribution < -0.4 is 15.5 Å². The fourth-order valence-corrected chi connectivity index (χ4v) is 4.43. The summed E-state index contributed by atoms with van der Waals surface area (Å²) in [5.74, 6) is 0. The number of hydrogen-bond acceptors (Lipinski definition) is 1. The number of piperazine rings is 1. The first-order chi connectivity index (χ1) is 10.2. The van der Waals surface area contributed by atoms with E-state index in [1.807, 2.05) is 6.07 Å². The van der Waals surface area contributed by atoms with Crippen LogP contribution in [0.5, 0.6) is 0 Å². The normalized spacial score (nSPS) is 23.2. The summed E-state index contributed by atoms with van der Waals surface area (Å²) in [5.41, 5.74) is 6.04. The van der Waals surface area contributed by atoms with E-state index in [1.54, 1.807) is 4.90 Å². The molecule has 21 heavy (non-hydrogen) atoms. The molecule has 0 unspecified atom stereocenters. The third-order valence-electron chi connectivity index (χ3n) is 5.58. The van der Waals surface area contributed by atoms with Crippen molar-refractivity contribution in [2.45, 2.75) is 37.6 Å². The highest BCUT2D eigenvalue weighted by atomic mass is 35.5. The zero-order valence-electron chi connectivity index (χ0n) is 12.9. The molecule has 3 rings (SSSR count). The van der Waals surface area contributed by atoms with Gasteiger partial charge in [-0.25, -0.2) is 0 Å². The summed E-state index contributed by atoms with van der Waals surface area (Å²) < 4.78 is 0. The number of hydrogen-bond donors (Lipinski definition) is 2. The minimum atomic E-state index is 0.471. The van der Waals surface area contributed by atoms with Crippen molar-refractivity contribution < 1.29 is 10.6 Å². The predicted molar refractivity (Wildman–Crippen MR) is 87.9 cm³/mol. The van der Waals surface area contributed by atoms with Gasteiger partial charge in [0.25, 0.3) is 0 Å². The average Bonchev–Trinajstić information content (AvgIpc) is 2.56. The second-order valence-electron chi connectivity index (χ2n) is 6.66. The zero-order chi connectivity index (χ0) is 14.7. The minimum Gasteiger partial charge on any atom is -0.360 e. The van der Waals surface area contributed by atoms with E-state index in [0.29, 0.717) is 5.54 Å². The van der Waals surface area contributed by atoms with Crippen molar-refractivity contribution in [1.29, 1.82) is 0 Å². The van der Waals surface area contributed by atoms with Gasteiger partial charge >= 0.3 is 0 Å². The average molecular weight is 310 g/mol. The molecule has 1 heterocycles. The first-order valence-corrected chi connectivity index (χ1v) is 8.76. The van der Waals surface area contributed by atoms with Gasteiger partial charge < -0.3 is 15.5 Å². The van der Waals surface area contributed by atoms with Crippen LogP contribution >= 0.6 is 11.6 Å². The van der Waals surface area contributed by atoms with E-state index in [4.69, 9.17) is 11.6 Å². The third-order valence-corrected chi connectivity index (χ3v) is 5.81. The van der Waals surface area contributed by atoms with Crippen LogP contribution in [0, 0.1) is 0 Å². The number of anilines is 1. The largest absolute Gasteiger partial charge is 0.360 e. The van der Waals surface area contributed by atoms with Crippen molar-refractivity contribution in [1.82, 2.24) is 0 Å². The maximum atomic E-state index is 6.12. The second-order valence-corrected chi connectivity index (χ2v) is 7.10. The number of nitrogens with one attached hydrogen (secondary N) is 1. The van der Waals surface area contributed by atoms with E-state index in [2.05, 4.69) is 28.8 Å². The number of benzene rings is 1. The van der Waals surface area contributed by atoms with Crippen LogP contribution in [0.3, 0.4) is 0 Å². The molecule has 0 atom stereocenters. The van der Waals surface area contributed by atoms with Gasteiger partial charge in [0, 0.05) is 23.6 Å². The molecule has 4 heteroatoms. The van der Waals surface area contributed by atoms with E-state index in [0.717, 1.165) is 24.7 Å². The second kappa shape index (κ2) is 6.55. The first-order valence-electron chi connectivity index (χ1n) is 8.38. The van der Waals surface area contributed by atoms with E-state index in [1.165, 1.54) is 50.9 Å². The summed E-state index contributed by atoms with van der Waals surface area (Å²) in [6.07, 6.45) is 6.98. The van der Waals surface area contributed by atoms with Crippen molar-refractivity contribution >= 4 is 17.3 Å². The Labute approximate surface area is 133 Å². The smallest absolute Gasteiger partial charge is 0.147 e. The summed E-state index contributed by atoms with van der Waals surface area (Å²) in [7, 11) is 0. The Kier molecular flexibility index (Phi) is 4.72. The standard InChI is InChI=1S/C17H26ClN3/c18-15-5-4-6-16(13-15)20-9-11-21(12-10-20)17(14-19)7-2-1-3-8-17/h4-6,13H,1-3,7-12,14,19H2/p+2. The summed E-state index contributed by atoms with van der Waals surface area (Å²) in [6.45, 7) is 5.85. The fraction of sp³-hybridized carbons (Fsp3) is 0.647. The van der Waals surface area contributed by atoms with Crippen LogP contribution in [-0.4, -0.2) is 38.3 Å². The zero-order valence-corrected chi connectivity index (χ0v) is 13.7. The monoisotopic (exact) mass is 309 g/mol. The highest BCUT2D eigenvalue weighted by Crippen LogP contribution is 2.25. The maximum Gasteiger partial charge on any atom is 0.147 e. The van der Waals surface area contributed by atoms with Crippen molar-refractivity contribution in [3.8, 4) is 0 Å². The maximum absolute atomic E-state index is 6.12. The summed E-state index contributed by atoms with van der Waals surface area (Å²) in [6, 6.07) is 8.26. The molecule has 1 saturated heterocycles. The molecule has 116 valence electrons. The van der Waals surface area contributed by atoms with Crippen LogP contribution in [0.1, 0.15) is 32.1 Å². The topological polar surface area (TPSA) is 35.3 Å². The van der Waals surface area contributed by atoms with E-state index in [9.17, 15) is 0 Å². The molecule has 4 N–H and O–H groups in total. The first kappa shape index (κ1) is 15.1. The Hall–Kier alpha value is -0.770. The molecule has 1 saturated carbocycles. The van der Waals surface area contributed by atoms with Gasteiger partial charge in [0.15, 0.2) is 0 Å². The lowest BCUT2D eigenvalue weighted by Gasteiger charge is -2.45. The van der Waals surface area contributed by atoms with Gasteiger partial charge in [-0.2, -0.15) is 0 Å². The van der Waals surface area contributed by atoms with Crippen molar-refractivity contribution in [2.24, 2.45) is 0 Å². The summed E-state index contributed by atoms with van der Waals surface area (Å²) in [4.78, 5) is 4.28. The van der Waals surface area contributed by atoms with Gasteiger partial charge in [-0.3, -0.25) is 0 Å². The summed E-state index contributed by atoms with van der Waals surface area (Å²) >= 11 is 6.12. The molecule has 1 aromatic carbocycles. The van der Waals surface area contributed by atoms with Crippen LogP contribution in [0.4, 0.5) is 5.69 Å². The highest BCUT2D eigenvalue weighted by molar-refractivity contribution is 6.30. The fourth-order valence-electron chi connectivity index (χ4n) is 4.25. The molecule has 0 amide bonds. The molecule has 2 fully saturated rings. The molecular formula is C17H28ClN3+2. The van der Waals surface area contributed by atoms with E-state index >= 15 is 0 Å². The van der Waals surface area contributed by atoms with Crippen molar-refractivity contribution in [3.63, 3.8) is 0 Å². The molecule has 0 radical (unpaired) electrons. The van der Waals surface area contributed by atoms with Crippen molar-refractivity contribution in [3.05, 3.63) is 29.3 Å².